The van der Waals surface area contributed by atoms with Crippen LogP contribution >= 0.6 is 0 Å². The summed E-state index contributed by atoms with van der Waals surface area (Å²) >= 11 is 0. The van der Waals surface area contributed by atoms with Crippen LogP contribution in [0.25, 0.3) is 0 Å². The number of aryl methyl sites for hydroxylation is 4. The highest BCUT2D eigenvalue weighted by atomic mass is 16.2. The average molecular weight is 340 g/mol. The summed E-state index contributed by atoms with van der Waals surface area (Å²) in [5, 5.41) is 9.21. The first-order valence-electron chi connectivity index (χ1n) is 8.66. The van der Waals surface area contributed by atoms with Crippen molar-refractivity contribution in [2.75, 3.05) is 23.7 Å². The maximum Gasteiger partial charge on any atom is 0.319 e. The number of aromatic nitrogens is 1. The molecule has 0 fully saturated rings. The standard InChI is InChI=1S/C20H28N4O/c1-13-9-18(10-14(2)17(13)5)24-20(25)23-8-6-7-22-19-15(3)11-21-12-16(19)4/h9-12H,6-8H2,1-5H3,(H,21,22)(H2,23,24,25). The van der Waals surface area contributed by atoms with Gasteiger partial charge in [0.2, 0.25) is 0 Å². The van der Waals surface area contributed by atoms with Crippen LogP contribution in [0.3, 0.4) is 0 Å². The van der Waals surface area contributed by atoms with Crippen LogP contribution in [0.1, 0.15) is 34.2 Å². The summed E-state index contributed by atoms with van der Waals surface area (Å²) in [7, 11) is 0. The van der Waals surface area contributed by atoms with Gasteiger partial charge in [0.1, 0.15) is 0 Å². The van der Waals surface area contributed by atoms with Crippen LogP contribution in [0.2, 0.25) is 0 Å². The third-order valence-electron chi connectivity index (χ3n) is 4.45. The van der Waals surface area contributed by atoms with E-state index < -0.39 is 0 Å². The van der Waals surface area contributed by atoms with Crippen molar-refractivity contribution >= 4 is 17.4 Å². The van der Waals surface area contributed by atoms with Crippen molar-refractivity contribution in [3.8, 4) is 0 Å². The number of urea groups is 1. The molecule has 0 bridgehead atoms. The van der Waals surface area contributed by atoms with Gasteiger partial charge in [0.25, 0.3) is 0 Å². The van der Waals surface area contributed by atoms with Crippen molar-refractivity contribution in [1.82, 2.24) is 10.3 Å². The summed E-state index contributed by atoms with van der Waals surface area (Å²) in [6.45, 7) is 11.7. The van der Waals surface area contributed by atoms with Crippen LogP contribution in [-0.2, 0) is 0 Å². The molecule has 0 atom stereocenters. The predicted octanol–water partition coefficient (Wildman–Crippen LogP) is 4.25. The number of carbonyl (C=O) groups excluding carboxylic acids is 1. The molecule has 5 heteroatoms. The van der Waals surface area contributed by atoms with E-state index in [0.717, 1.165) is 35.5 Å². The zero-order valence-corrected chi connectivity index (χ0v) is 15.8. The molecule has 3 N–H and O–H groups in total. The van der Waals surface area contributed by atoms with Gasteiger partial charge in [0, 0.05) is 36.9 Å². The Morgan fingerprint density at radius 1 is 0.920 bits per heavy atom. The Balaban J connectivity index is 1.74. The zero-order valence-electron chi connectivity index (χ0n) is 15.8. The highest BCUT2D eigenvalue weighted by Gasteiger charge is 2.05. The van der Waals surface area contributed by atoms with Gasteiger partial charge in [-0.1, -0.05) is 0 Å². The van der Waals surface area contributed by atoms with E-state index in [1.807, 2.05) is 38.4 Å². The topological polar surface area (TPSA) is 66.1 Å². The number of pyridine rings is 1. The molecular formula is C20H28N4O. The maximum absolute atomic E-state index is 12.0. The molecule has 0 aliphatic carbocycles. The van der Waals surface area contributed by atoms with Gasteiger partial charge >= 0.3 is 6.03 Å². The van der Waals surface area contributed by atoms with E-state index in [2.05, 4.69) is 41.7 Å². The Bertz CT molecular complexity index is 712. The number of carbonyl (C=O) groups is 1. The molecular weight excluding hydrogens is 312 g/mol. The zero-order chi connectivity index (χ0) is 18.4. The van der Waals surface area contributed by atoms with Crippen LogP contribution in [0, 0.1) is 34.6 Å². The van der Waals surface area contributed by atoms with E-state index in [1.165, 1.54) is 16.7 Å². The molecule has 0 unspecified atom stereocenters. The van der Waals surface area contributed by atoms with Gasteiger partial charge in [0.05, 0.1) is 0 Å². The minimum atomic E-state index is -0.168. The first-order chi connectivity index (χ1) is 11.9. The second kappa shape index (κ2) is 8.51. The molecule has 2 amide bonds. The summed E-state index contributed by atoms with van der Waals surface area (Å²) < 4.78 is 0. The van der Waals surface area contributed by atoms with Crippen molar-refractivity contribution < 1.29 is 4.79 Å². The second-order valence-electron chi connectivity index (χ2n) is 6.54. The van der Waals surface area contributed by atoms with Crippen LogP contribution in [0.4, 0.5) is 16.2 Å². The summed E-state index contributed by atoms with van der Waals surface area (Å²) in [4.78, 5) is 16.2. The fourth-order valence-corrected chi connectivity index (χ4v) is 2.77. The molecule has 1 aromatic carbocycles. The Kier molecular flexibility index (Phi) is 6.39. The normalized spacial score (nSPS) is 10.4. The number of anilines is 2. The van der Waals surface area contributed by atoms with E-state index in [1.54, 1.807) is 0 Å². The second-order valence-corrected chi connectivity index (χ2v) is 6.54. The highest BCUT2D eigenvalue weighted by Crippen LogP contribution is 2.19. The van der Waals surface area contributed by atoms with Crippen LogP contribution in [-0.4, -0.2) is 24.1 Å². The van der Waals surface area contributed by atoms with Crippen LogP contribution in [0.15, 0.2) is 24.5 Å². The Labute approximate surface area is 150 Å². The molecule has 1 aromatic heterocycles. The molecule has 2 rings (SSSR count). The van der Waals surface area contributed by atoms with Crippen molar-refractivity contribution in [2.24, 2.45) is 0 Å². The molecule has 134 valence electrons. The largest absolute Gasteiger partial charge is 0.384 e. The molecule has 0 saturated heterocycles. The van der Waals surface area contributed by atoms with E-state index in [0.29, 0.717) is 6.54 Å². The van der Waals surface area contributed by atoms with Gasteiger partial charge in [-0.3, -0.25) is 4.98 Å². The first-order valence-corrected chi connectivity index (χ1v) is 8.66. The van der Waals surface area contributed by atoms with Gasteiger partial charge in [0.15, 0.2) is 0 Å². The molecule has 2 aromatic rings. The number of rotatable bonds is 6. The van der Waals surface area contributed by atoms with E-state index in [4.69, 9.17) is 0 Å². The number of nitrogens with one attached hydrogen (secondary N) is 3. The van der Waals surface area contributed by atoms with Crippen molar-refractivity contribution in [3.05, 3.63) is 52.3 Å². The fraction of sp³-hybridized carbons (Fsp3) is 0.400. The van der Waals surface area contributed by atoms with Gasteiger partial charge in [-0.2, -0.15) is 0 Å². The molecule has 1 heterocycles. The lowest BCUT2D eigenvalue weighted by Crippen LogP contribution is -2.30. The maximum atomic E-state index is 12.0. The van der Waals surface area contributed by atoms with Crippen molar-refractivity contribution in [1.29, 1.82) is 0 Å². The highest BCUT2D eigenvalue weighted by molar-refractivity contribution is 5.89. The molecule has 0 aliphatic heterocycles. The monoisotopic (exact) mass is 340 g/mol. The van der Waals surface area contributed by atoms with E-state index >= 15 is 0 Å². The fourth-order valence-electron chi connectivity index (χ4n) is 2.77. The Morgan fingerprint density at radius 2 is 1.52 bits per heavy atom. The molecule has 0 aliphatic rings. The average Bonchev–Trinajstić information content (AvgIpc) is 2.54. The summed E-state index contributed by atoms with van der Waals surface area (Å²) in [5.41, 5.74) is 7.86. The Hall–Kier alpha value is -2.56. The first kappa shape index (κ1) is 18.8. The van der Waals surface area contributed by atoms with Gasteiger partial charge in [-0.05, 0) is 81.0 Å². The van der Waals surface area contributed by atoms with E-state index in [9.17, 15) is 4.79 Å². The van der Waals surface area contributed by atoms with Gasteiger partial charge < -0.3 is 16.0 Å². The predicted molar refractivity (Wildman–Crippen MR) is 104 cm³/mol. The minimum Gasteiger partial charge on any atom is -0.384 e. The third kappa shape index (κ3) is 5.21. The number of benzene rings is 1. The van der Waals surface area contributed by atoms with Crippen molar-refractivity contribution in [2.45, 2.75) is 41.0 Å². The Morgan fingerprint density at radius 3 is 2.12 bits per heavy atom. The molecule has 0 spiro atoms. The summed E-state index contributed by atoms with van der Waals surface area (Å²) in [6.07, 6.45) is 4.56. The molecule has 5 nitrogen and oxygen atoms in total. The molecule has 0 radical (unpaired) electrons. The quantitative estimate of drug-likeness (QED) is 0.689. The number of hydrogen-bond acceptors (Lipinski definition) is 3. The van der Waals surface area contributed by atoms with Gasteiger partial charge in [-0.15, -0.1) is 0 Å². The smallest absolute Gasteiger partial charge is 0.319 e. The lowest BCUT2D eigenvalue weighted by Gasteiger charge is -2.13. The lowest BCUT2D eigenvalue weighted by atomic mass is 10.0. The number of nitrogens with zero attached hydrogens (tertiary/aromatic N) is 1. The van der Waals surface area contributed by atoms with Crippen molar-refractivity contribution in [3.63, 3.8) is 0 Å². The summed E-state index contributed by atoms with van der Waals surface area (Å²) in [5.74, 6) is 0. The number of amides is 2. The van der Waals surface area contributed by atoms with Gasteiger partial charge in [-0.25, -0.2) is 4.79 Å². The SMILES string of the molecule is Cc1cc(NC(=O)NCCCNc2c(C)cncc2C)cc(C)c1C. The lowest BCUT2D eigenvalue weighted by molar-refractivity contribution is 0.252. The minimum absolute atomic E-state index is 0.168. The molecule has 25 heavy (non-hydrogen) atoms. The molecule has 0 saturated carbocycles. The third-order valence-corrected chi connectivity index (χ3v) is 4.45. The van der Waals surface area contributed by atoms with Crippen LogP contribution in [0.5, 0.6) is 0 Å². The van der Waals surface area contributed by atoms with Crippen LogP contribution < -0.4 is 16.0 Å². The number of hydrogen-bond donors (Lipinski definition) is 3. The summed E-state index contributed by atoms with van der Waals surface area (Å²) in [6, 6.07) is 3.83. The van der Waals surface area contributed by atoms with E-state index in [-0.39, 0.29) is 6.03 Å².